The van der Waals surface area contributed by atoms with Crippen molar-refractivity contribution in [3.05, 3.63) is 71.8 Å². The first-order valence-electron chi connectivity index (χ1n) is 12.0. The molecule has 2 aliphatic rings. The van der Waals surface area contributed by atoms with Gasteiger partial charge in [-0.05, 0) is 54.3 Å². The second-order valence-corrected chi connectivity index (χ2v) is 8.99. The average Bonchev–Trinajstić information content (AvgIpc) is 3.09. The smallest absolute Gasteiger partial charge is 0.203 e. The number of Topliss-reactive ketones (excluding diaryl/α,β-unsaturated/α-hetero) is 1. The van der Waals surface area contributed by atoms with Crippen LogP contribution in [0.2, 0.25) is 0 Å². The van der Waals surface area contributed by atoms with E-state index < -0.39 is 5.92 Å². The molecule has 186 valence electrons. The average molecular weight is 487 g/mol. The molecule has 1 heterocycles. The van der Waals surface area contributed by atoms with Gasteiger partial charge in [0.15, 0.2) is 11.5 Å². The molecule has 0 amide bonds. The van der Waals surface area contributed by atoms with E-state index >= 15 is 0 Å². The summed E-state index contributed by atoms with van der Waals surface area (Å²) < 4.78 is 22.2. The Labute approximate surface area is 211 Å². The van der Waals surface area contributed by atoms with Crippen molar-refractivity contribution in [2.24, 2.45) is 10.9 Å². The largest absolute Gasteiger partial charge is 0.497 e. The van der Waals surface area contributed by atoms with Gasteiger partial charge in [-0.1, -0.05) is 24.3 Å². The monoisotopic (exact) mass is 486 g/mol. The van der Waals surface area contributed by atoms with E-state index in [2.05, 4.69) is 5.32 Å². The summed E-state index contributed by atoms with van der Waals surface area (Å²) in [6.07, 6.45) is 1.12. The summed E-state index contributed by atoms with van der Waals surface area (Å²) in [5.74, 6) is 2.14. The minimum Gasteiger partial charge on any atom is -0.497 e. The van der Waals surface area contributed by atoms with Crippen LogP contribution >= 0.6 is 0 Å². The first kappa shape index (κ1) is 23.7. The quantitative estimate of drug-likeness (QED) is 0.480. The zero-order valence-corrected chi connectivity index (χ0v) is 20.9. The summed E-state index contributed by atoms with van der Waals surface area (Å²) in [6.45, 7) is 0. The molecule has 1 saturated carbocycles. The maximum atomic E-state index is 13.9. The molecule has 3 aromatic rings. The van der Waals surface area contributed by atoms with Gasteiger partial charge in [-0.25, -0.2) is 0 Å². The molecular formula is C29H30N2O5. The lowest BCUT2D eigenvalue weighted by atomic mass is 9.72. The predicted molar refractivity (Wildman–Crippen MR) is 139 cm³/mol. The number of rotatable bonds is 6. The van der Waals surface area contributed by atoms with Crippen LogP contribution in [-0.4, -0.2) is 39.9 Å². The summed E-state index contributed by atoms with van der Waals surface area (Å²) in [5.41, 5.74) is 4.49. The molecule has 0 radical (unpaired) electrons. The van der Waals surface area contributed by atoms with Crippen LogP contribution in [0.3, 0.4) is 0 Å². The fraction of sp³-hybridized carbons (Fsp3) is 0.310. The number of nitrogens with one attached hydrogen (secondary N) is 1. The number of para-hydroxylation sites is 2. The van der Waals surface area contributed by atoms with Gasteiger partial charge in [0.05, 0.1) is 51.8 Å². The zero-order valence-electron chi connectivity index (χ0n) is 20.9. The summed E-state index contributed by atoms with van der Waals surface area (Å²) in [6, 6.07) is 19.2. The molecule has 7 heteroatoms. The van der Waals surface area contributed by atoms with Crippen LogP contribution in [0, 0.1) is 5.92 Å². The van der Waals surface area contributed by atoms with Crippen molar-refractivity contribution in [3.8, 4) is 23.0 Å². The van der Waals surface area contributed by atoms with Crippen LogP contribution in [0.4, 0.5) is 11.4 Å². The van der Waals surface area contributed by atoms with Gasteiger partial charge in [-0.3, -0.25) is 9.79 Å². The minimum absolute atomic E-state index is 0.0524. The standard InChI is InChI=1S/C29H30N2O5/c1-33-19-11-9-17(10-12-19)18-15-23-26(24(32)16-18)27(31-22-8-6-5-7-21(22)30-23)20-13-14-25(34-2)29(36-4)28(20)35-3/h5-14,18,26-27,31H,15-16H2,1-4H3. The molecule has 0 bridgehead atoms. The van der Waals surface area contributed by atoms with Gasteiger partial charge in [-0.15, -0.1) is 0 Å². The fourth-order valence-electron chi connectivity index (χ4n) is 5.34. The Balaban J connectivity index is 1.61. The van der Waals surface area contributed by atoms with Crippen LogP contribution in [0.25, 0.3) is 0 Å². The number of fused-ring (bicyclic) bond motifs is 2. The number of nitrogens with zero attached hydrogens (tertiary/aromatic N) is 1. The Kier molecular flexibility index (Phi) is 6.55. The van der Waals surface area contributed by atoms with E-state index in [1.54, 1.807) is 28.4 Å². The summed E-state index contributed by atoms with van der Waals surface area (Å²) in [7, 11) is 6.42. The van der Waals surface area contributed by atoms with Crippen LogP contribution in [0.1, 0.15) is 35.9 Å². The van der Waals surface area contributed by atoms with Crippen molar-refractivity contribution >= 4 is 22.9 Å². The third-order valence-corrected chi connectivity index (χ3v) is 7.08. The van der Waals surface area contributed by atoms with Crippen LogP contribution in [0.15, 0.2) is 65.7 Å². The molecule has 1 fully saturated rings. The van der Waals surface area contributed by atoms with Crippen molar-refractivity contribution < 1.29 is 23.7 Å². The molecule has 3 aromatic carbocycles. The number of benzene rings is 3. The Hall–Kier alpha value is -4.00. The van der Waals surface area contributed by atoms with Crippen molar-refractivity contribution in [1.82, 2.24) is 0 Å². The number of methoxy groups -OCH3 is 4. The van der Waals surface area contributed by atoms with Crippen LogP contribution in [-0.2, 0) is 4.79 Å². The molecule has 0 spiro atoms. The number of ether oxygens (including phenoxy) is 4. The Bertz CT molecular complexity index is 1300. The SMILES string of the molecule is COc1ccc(C2CC(=O)C3C(=Nc4ccccc4NC3c3ccc(OC)c(OC)c3OC)C2)cc1. The number of carbonyl (C=O) groups is 1. The highest BCUT2D eigenvalue weighted by Crippen LogP contribution is 2.49. The van der Waals surface area contributed by atoms with E-state index in [0.29, 0.717) is 30.1 Å². The number of carbonyl (C=O) groups excluding carboxylic acids is 1. The third kappa shape index (κ3) is 4.15. The van der Waals surface area contributed by atoms with E-state index in [1.807, 2.05) is 60.7 Å². The van der Waals surface area contributed by atoms with E-state index in [4.69, 9.17) is 23.9 Å². The summed E-state index contributed by atoms with van der Waals surface area (Å²) in [5, 5.41) is 3.61. The van der Waals surface area contributed by atoms with Crippen LogP contribution in [0.5, 0.6) is 23.0 Å². The predicted octanol–water partition coefficient (Wildman–Crippen LogP) is 5.72. The lowest BCUT2D eigenvalue weighted by Crippen LogP contribution is -2.38. The first-order chi connectivity index (χ1) is 17.6. The number of ketones is 1. The molecule has 5 rings (SSSR count). The van der Waals surface area contributed by atoms with Crippen LogP contribution < -0.4 is 24.3 Å². The highest BCUT2D eigenvalue weighted by atomic mass is 16.5. The number of aliphatic imine (C=N–C) groups is 1. The van der Waals surface area contributed by atoms with E-state index in [0.717, 1.165) is 34.0 Å². The van der Waals surface area contributed by atoms with Gasteiger partial charge >= 0.3 is 0 Å². The zero-order chi connectivity index (χ0) is 25.2. The maximum absolute atomic E-state index is 13.9. The highest BCUT2D eigenvalue weighted by molar-refractivity contribution is 6.11. The number of hydrogen-bond donors (Lipinski definition) is 1. The highest BCUT2D eigenvalue weighted by Gasteiger charge is 2.43. The van der Waals surface area contributed by atoms with Crippen molar-refractivity contribution in [2.45, 2.75) is 24.8 Å². The van der Waals surface area contributed by atoms with Gasteiger partial charge < -0.3 is 24.3 Å². The summed E-state index contributed by atoms with van der Waals surface area (Å²) in [4.78, 5) is 18.9. The molecule has 0 aromatic heterocycles. The second-order valence-electron chi connectivity index (χ2n) is 8.99. The van der Waals surface area contributed by atoms with Crippen molar-refractivity contribution in [1.29, 1.82) is 0 Å². The normalized spacial score (nSPS) is 20.7. The Morgan fingerprint density at radius 1 is 0.806 bits per heavy atom. The molecule has 36 heavy (non-hydrogen) atoms. The molecule has 0 saturated heterocycles. The molecular weight excluding hydrogens is 456 g/mol. The molecule has 3 atom stereocenters. The lowest BCUT2D eigenvalue weighted by molar-refractivity contribution is -0.122. The van der Waals surface area contributed by atoms with E-state index in [9.17, 15) is 4.79 Å². The van der Waals surface area contributed by atoms with Crippen molar-refractivity contribution in [2.75, 3.05) is 33.8 Å². The lowest BCUT2D eigenvalue weighted by Gasteiger charge is -2.34. The van der Waals surface area contributed by atoms with Gasteiger partial charge in [0.1, 0.15) is 11.5 Å². The third-order valence-electron chi connectivity index (χ3n) is 7.08. The number of hydrogen-bond acceptors (Lipinski definition) is 7. The van der Waals surface area contributed by atoms with Gasteiger partial charge in [-0.2, -0.15) is 0 Å². The number of anilines is 1. The molecule has 1 aliphatic carbocycles. The molecule has 1 N–H and O–H groups in total. The maximum Gasteiger partial charge on any atom is 0.203 e. The van der Waals surface area contributed by atoms with Crippen molar-refractivity contribution in [3.63, 3.8) is 0 Å². The first-order valence-corrected chi connectivity index (χ1v) is 12.0. The second kappa shape index (κ2) is 9.93. The van der Waals surface area contributed by atoms with E-state index in [-0.39, 0.29) is 17.7 Å². The van der Waals surface area contributed by atoms with Gasteiger partial charge in [0.25, 0.3) is 0 Å². The van der Waals surface area contributed by atoms with Gasteiger partial charge in [0, 0.05) is 17.7 Å². The Morgan fingerprint density at radius 3 is 2.25 bits per heavy atom. The molecule has 3 unspecified atom stereocenters. The fourth-order valence-corrected chi connectivity index (χ4v) is 5.34. The Morgan fingerprint density at radius 2 is 1.56 bits per heavy atom. The van der Waals surface area contributed by atoms with E-state index in [1.165, 1.54) is 0 Å². The van der Waals surface area contributed by atoms with Gasteiger partial charge in [0.2, 0.25) is 5.75 Å². The minimum atomic E-state index is -0.445. The molecule has 7 nitrogen and oxygen atoms in total. The summed E-state index contributed by atoms with van der Waals surface area (Å²) >= 11 is 0. The topological polar surface area (TPSA) is 78.4 Å². The molecule has 1 aliphatic heterocycles.